The average molecular weight is 1460 g/mol. The molecule has 23 aromatic rings. The molecule has 8 nitrogen and oxygen atoms in total. The Morgan fingerprint density at radius 1 is 0.202 bits per heavy atom. The number of nitrogens with zero attached hydrogens (tertiary/aromatic N) is 5. The summed E-state index contributed by atoms with van der Waals surface area (Å²) < 4.78 is 23.7. The number of hydrogen-bond acceptors (Lipinski definition) is 6. The van der Waals surface area contributed by atoms with Crippen LogP contribution in [0.15, 0.2) is 420 Å². The Hall–Kier alpha value is -15.4. The minimum Gasteiger partial charge on any atom is -0.456 e. The summed E-state index contributed by atoms with van der Waals surface area (Å²) in [4.78, 5) is 12.8. The summed E-state index contributed by atoms with van der Waals surface area (Å²) >= 11 is 0. The molecule has 0 fully saturated rings. The van der Waals surface area contributed by atoms with Crippen molar-refractivity contribution in [3.63, 3.8) is 0 Å². The van der Waals surface area contributed by atoms with Gasteiger partial charge in [-0.2, -0.15) is 0 Å². The van der Waals surface area contributed by atoms with Crippen molar-refractivity contribution in [3.8, 4) is 89.8 Å². The van der Waals surface area contributed by atoms with Gasteiger partial charge in [0.25, 0.3) is 0 Å². The van der Waals surface area contributed by atoms with Gasteiger partial charge in [-0.3, -0.25) is 0 Å². The van der Waals surface area contributed by atoms with E-state index in [1.165, 1.54) is 49.2 Å². The molecule has 114 heavy (non-hydrogen) atoms. The van der Waals surface area contributed by atoms with Gasteiger partial charge in [-0.25, -0.2) is 9.97 Å². The smallest absolute Gasteiger partial charge is 0.160 e. The highest BCUT2D eigenvalue weighted by Gasteiger charge is 2.22. The second-order valence-corrected chi connectivity index (χ2v) is 29.1. The molecule has 0 unspecified atom stereocenters. The molecule has 534 valence electrons. The highest BCUT2D eigenvalue weighted by molar-refractivity contribution is 6.13. The van der Waals surface area contributed by atoms with E-state index in [9.17, 15) is 0 Å². The molecule has 0 saturated carbocycles. The topological polar surface area (TPSA) is 78.3 Å². The van der Waals surface area contributed by atoms with E-state index >= 15 is 0 Å². The zero-order chi connectivity index (χ0) is 75.2. The van der Waals surface area contributed by atoms with Crippen LogP contribution in [0.1, 0.15) is 0 Å². The maximum atomic E-state index is 6.46. The van der Waals surface area contributed by atoms with Crippen LogP contribution in [-0.4, -0.2) is 19.1 Å². The van der Waals surface area contributed by atoms with Crippen LogP contribution in [0.25, 0.3) is 199 Å². The predicted molar refractivity (Wildman–Crippen MR) is 472 cm³/mol. The van der Waals surface area contributed by atoms with Crippen molar-refractivity contribution >= 4 is 126 Å². The first-order valence-electron chi connectivity index (χ1n) is 38.6. The molecule has 0 radical (unpaired) electrons. The molecular formula is C106H67N5O3. The predicted octanol–water partition coefficient (Wildman–Crippen LogP) is 29.2. The normalized spacial score (nSPS) is 11.7. The lowest BCUT2D eigenvalue weighted by atomic mass is 9.93. The number of benzene rings is 17. The fraction of sp³-hybridized carbons (Fsp3) is 0. The van der Waals surface area contributed by atoms with Gasteiger partial charge >= 0.3 is 0 Å². The van der Waals surface area contributed by atoms with Gasteiger partial charge in [-0.15, -0.1) is 0 Å². The zero-order valence-corrected chi connectivity index (χ0v) is 61.6. The maximum Gasteiger partial charge on any atom is 0.160 e. The number of fused-ring (bicyclic) bond motifs is 15. The van der Waals surface area contributed by atoms with E-state index in [2.05, 4.69) is 360 Å². The monoisotopic (exact) mass is 1460 g/mol. The van der Waals surface area contributed by atoms with Gasteiger partial charge in [0.2, 0.25) is 0 Å². The van der Waals surface area contributed by atoms with Gasteiger partial charge in [0.1, 0.15) is 33.5 Å². The molecule has 0 spiro atoms. The Morgan fingerprint density at radius 3 is 1.08 bits per heavy atom. The Balaban J connectivity index is 0.000000139. The third-order valence-corrected chi connectivity index (χ3v) is 22.4. The van der Waals surface area contributed by atoms with Crippen LogP contribution < -0.4 is 4.90 Å². The van der Waals surface area contributed by atoms with Crippen molar-refractivity contribution in [2.45, 2.75) is 0 Å². The molecule has 0 amide bonds. The Bertz CT molecular complexity index is 7280. The van der Waals surface area contributed by atoms with E-state index in [4.69, 9.17) is 23.2 Å². The van der Waals surface area contributed by atoms with E-state index < -0.39 is 0 Å². The zero-order valence-electron chi connectivity index (χ0n) is 61.6. The van der Waals surface area contributed by atoms with E-state index in [1.807, 2.05) is 60.7 Å². The molecule has 0 aliphatic heterocycles. The fourth-order valence-corrected chi connectivity index (χ4v) is 17.0. The van der Waals surface area contributed by atoms with Crippen LogP contribution in [0.3, 0.4) is 0 Å². The second kappa shape index (κ2) is 27.3. The Morgan fingerprint density at radius 2 is 0.570 bits per heavy atom. The van der Waals surface area contributed by atoms with Gasteiger partial charge in [0.05, 0.1) is 33.5 Å². The average Bonchev–Trinajstić information content (AvgIpc) is 1.60. The molecule has 0 N–H and O–H groups in total. The van der Waals surface area contributed by atoms with E-state index in [0.29, 0.717) is 5.82 Å². The summed E-state index contributed by atoms with van der Waals surface area (Å²) in [5.74, 6) is 0.676. The number of aromatic nitrogens is 4. The SMILES string of the molecule is c1cc(N(c2ccc(-c3cccc4c3oc3ccccc34)cc2)c2cccc(-n3c4ccccc4c4ccccc43)c2)cc(-n2c3ccccc3c3ccccc32)c1.c1ccc(-c2ccc(-c3cc(-c4cc(-c5ccc6oc7ccccc7c6c5)cc(-c5ccc6oc7ccccc7c6c5)c4)nc(-c4ccccc4)n3)cc2)cc1. The second-order valence-electron chi connectivity index (χ2n) is 29.1. The molecule has 0 atom stereocenters. The van der Waals surface area contributed by atoms with Crippen molar-refractivity contribution in [2.24, 2.45) is 0 Å². The number of hydrogen-bond donors (Lipinski definition) is 0. The van der Waals surface area contributed by atoms with E-state index in [0.717, 1.165) is 161 Å². The Kier molecular flexibility index (Phi) is 15.7. The summed E-state index contributed by atoms with van der Waals surface area (Å²) in [6.07, 6.45) is 0. The minimum atomic E-state index is 0.676. The lowest BCUT2D eigenvalue weighted by Gasteiger charge is -2.27. The molecular weight excluding hydrogens is 1390 g/mol. The van der Waals surface area contributed by atoms with Crippen LogP contribution in [0.2, 0.25) is 0 Å². The van der Waals surface area contributed by atoms with E-state index in [1.54, 1.807) is 0 Å². The largest absolute Gasteiger partial charge is 0.456 e. The molecule has 8 heteroatoms. The number of para-hydroxylation sites is 8. The van der Waals surface area contributed by atoms with Crippen molar-refractivity contribution in [1.29, 1.82) is 0 Å². The third-order valence-electron chi connectivity index (χ3n) is 22.4. The van der Waals surface area contributed by atoms with Crippen molar-refractivity contribution in [2.75, 3.05) is 4.90 Å². The molecule has 0 saturated heterocycles. The van der Waals surface area contributed by atoms with Crippen LogP contribution in [0, 0.1) is 0 Å². The summed E-state index contributed by atoms with van der Waals surface area (Å²) in [7, 11) is 0. The van der Waals surface area contributed by atoms with Gasteiger partial charge in [-0.05, 0) is 178 Å². The first kappa shape index (κ1) is 65.7. The van der Waals surface area contributed by atoms with Gasteiger partial charge < -0.3 is 27.3 Å². The van der Waals surface area contributed by atoms with Gasteiger partial charge in [0, 0.05) is 105 Å². The first-order valence-corrected chi connectivity index (χ1v) is 38.6. The molecule has 0 bridgehead atoms. The van der Waals surface area contributed by atoms with Crippen LogP contribution in [-0.2, 0) is 0 Å². The fourth-order valence-electron chi connectivity index (χ4n) is 17.0. The lowest BCUT2D eigenvalue weighted by molar-refractivity contribution is 0.668. The molecule has 0 aliphatic rings. The molecule has 23 rings (SSSR count). The van der Waals surface area contributed by atoms with Crippen LogP contribution in [0.4, 0.5) is 17.1 Å². The number of rotatable bonds is 12. The first-order chi connectivity index (χ1) is 56.5. The van der Waals surface area contributed by atoms with Crippen LogP contribution >= 0.6 is 0 Å². The summed E-state index contributed by atoms with van der Waals surface area (Å²) in [6, 6.07) is 144. The standard InChI is InChI=1S/C54H35N3O.C52H32N2O2/c1-6-25-49-43(18-1)44-19-2-7-26-50(44)56(49)40-16-11-14-38(34-40)55(37-32-30-36(31-33-37)42-23-13-24-48-47-22-5-10-29-53(47)58-54(42)48)39-15-12-17-41(35-39)57-51-27-8-3-20-45(51)46-21-4-9-28-52(46)57;1-3-11-33(12-4-1)34-19-21-35(22-20-34)46-32-47(54-52(53-46)36-13-5-2-6-14-36)41-28-39(37-23-25-50-44(30-37)42-15-7-9-17-48(42)55-50)27-40(29-41)38-24-26-51-45(31-38)43-16-8-10-18-49(43)56-51/h1-35H;1-32H. The van der Waals surface area contributed by atoms with Crippen LogP contribution in [0.5, 0.6) is 0 Å². The highest BCUT2D eigenvalue weighted by atomic mass is 16.3. The molecule has 0 aliphatic carbocycles. The van der Waals surface area contributed by atoms with Crippen molar-refractivity contribution < 1.29 is 13.3 Å². The Labute approximate surface area is 655 Å². The quantitative estimate of drug-likeness (QED) is 0.121. The third kappa shape index (κ3) is 11.5. The summed E-state index contributed by atoms with van der Waals surface area (Å²) in [5, 5.41) is 11.6. The van der Waals surface area contributed by atoms with Gasteiger partial charge in [0.15, 0.2) is 5.82 Å². The van der Waals surface area contributed by atoms with E-state index in [-0.39, 0.29) is 0 Å². The minimum absolute atomic E-state index is 0.676. The highest BCUT2D eigenvalue weighted by Crippen LogP contribution is 2.45. The van der Waals surface area contributed by atoms with Gasteiger partial charge in [-0.1, -0.05) is 267 Å². The lowest BCUT2D eigenvalue weighted by Crippen LogP contribution is -2.11. The molecule has 6 heterocycles. The molecule has 6 aromatic heterocycles. The van der Waals surface area contributed by atoms with Crippen molar-refractivity contribution in [3.05, 3.63) is 406 Å². The van der Waals surface area contributed by atoms with Crippen molar-refractivity contribution in [1.82, 2.24) is 19.1 Å². The maximum absolute atomic E-state index is 6.46. The number of anilines is 3. The summed E-state index contributed by atoms with van der Waals surface area (Å²) in [5.41, 5.74) is 29.0. The summed E-state index contributed by atoms with van der Waals surface area (Å²) in [6.45, 7) is 0. The molecule has 17 aromatic carbocycles. The number of furan rings is 3.